The van der Waals surface area contributed by atoms with Crippen molar-refractivity contribution in [1.29, 1.82) is 0 Å². The van der Waals surface area contributed by atoms with Crippen LogP contribution in [0.5, 0.6) is 0 Å². The maximum atomic E-state index is 13.2. The predicted molar refractivity (Wildman–Crippen MR) is 92.0 cm³/mol. The van der Waals surface area contributed by atoms with Crippen LogP contribution in [0, 0.1) is 52.8 Å². The van der Waals surface area contributed by atoms with Gasteiger partial charge in [-0.25, -0.2) is 0 Å². The number of fused-ring (bicyclic) bond motifs is 11. The first-order chi connectivity index (χ1) is 11.5. The predicted octanol–water partition coefficient (Wildman–Crippen LogP) is 4.59. The zero-order valence-corrected chi connectivity index (χ0v) is 15.0. The molecule has 7 unspecified atom stereocenters. The summed E-state index contributed by atoms with van der Waals surface area (Å²) in [5.74, 6) is 5.95. The lowest BCUT2D eigenvalue weighted by atomic mass is 9.69. The summed E-state index contributed by atoms with van der Waals surface area (Å²) < 4.78 is 6.41. The molecule has 7 atom stereocenters. The van der Waals surface area contributed by atoms with Crippen molar-refractivity contribution in [3.05, 3.63) is 12.2 Å². The van der Waals surface area contributed by atoms with E-state index >= 15 is 0 Å². The van der Waals surface area contributed by atoms with Crippen LogP contribution in [0.1, 0.15) is 58.8 Å². The molecule has 6 rings (SSSR count). The van der Waals surface area contributed by atoms with E-state index < -0.39 is 0 Å². The largest absolute Gasteiger partial charge is 0.458 e. The minimum Gasteiger partial charge on any atom is -0.458 e. The van der Waals surface area contributed by atoms with Crippen molar-refractivity contribution in [2.24, 2.45) is 52.8 Å². The van der Waals surface area contributed by atoms with E-state index in [-0.39, 0.29) is 22.9 Å². The molecule has 2 nitrogen and oxygen atoms in total. The highest BCUT2D eigenvalue weighted by Crippen LogP contribution is 2.68. The van der Waals surface area contributed by atoms with Gasteiger partial charge in [0.2, 0.25) is 0 Å². The Bertz CT molecular complexity index is 624. The van der Waals surface area contributed by atoms with Crippen molar-refractivity contribution in [3.8, 4) is 0 Å². The van der Waals surface area contributed by atoms with Gasteiger partial charge < -0.3 is 4.74 Å². The van der Waals surface area contributed by atoms with Gasteiger partial charge >= 0.3 is 5.97 Å². The fourth-order valence-corrected chi connectivity index (χ4v) is 8.61. The average Bonchev–Trinajstić information content (AvgIpc) is 3.35. The Morgan fingerprint density at radius 1 is 1.00 bits per heavy atom. The van der Waals surface area contributed by atoms with Crippen LogP contribution in [0.25, 0.3) is 0 Å². The molecule has 5 saturated carbocycles. The summed E-state index contributed by atoms with van der Waals surface area (Å²) in [7, 11) is 0. The molecule has 0 spiro atoms. The molecule has 0 aliphatic heterocycles. The van der Waals surface area contributed by atoms with Crippen molar-refractivity contribution < 1.29 is 9.53 Å². The van der Waals surface area contributed by atoms with E-state index in [0.717, 1.165) is 54.8 Å². The van der Waals surface area contributed by atoms with Gasteiger partial charge in [0, 0.05) is 5.41 Å². The summed E-state index contributed by atoms with van der Waals surface area (Å²) in [6.45, 7) is 4.70. The molecular formula is C22H30O2. The summed E-state index contributed by atoms with van der Waals surface area (Å²) in [6, 6.07) is 0. The monoisotopic (exact) mass is 326 g/mol. The van der Waals surface area contributed by atoms with Crippen LogP contribution in [0.4, 0.5) is 0 Å². The Hall–Kier alpha value is -0.790. The summed E-state index contributed by atoms with van der Waals surface area (Å²) in [5, 5.41) is 0. The third-order valence-corrected chi connectivity index (χ3v) is 9.86. The Morgan fingerprint density at radius 3 is 2.38 bits per heavy atom. The van der Waals surface area contributed by atoms with Crippen LogP contribution >= 0.6 is 0 Å². The molecular weight excluding hydrogens is 296 g/mol. The van der Waals surface area contributed by atoms with Crippen LogP contribution in [-0.2, 0) is 9.53 Å². The van der Waals surface area contributed by atoms with Gasteiger partial charge in [0.15, 0.2) is 0 Å². The summed E-state index contributed by atoms with van der Waals surface area (Å²) >= 11 is 0. The topological polar surface area (TPSA) is 26.3 Å². The van der Waals surface area contributed by atoms with Gasteiger partial charge in [-0.3, -0.25) is 4.79 Å². The summed E-state index contributed by atoms with van der Waals surface area (Å²) in [5.41, 5.74) is 0.0581. The molecule has 0 aromatic rings. The molecule has 0 radical (unpaired) electrons. The van der Waals surface area contributed by atoms with Crippen LogP contribution in [-0.4, -0.2) is 11.6 Å². The molecule has 0 aromatic heterocycles. The van der Waals surface area contributed by atoms with Crippen molar-refractivity contribution in [3.63, 3.8) is 0 Å². The highest BCUT2D eigenvalue weighted by atomic mass is 16.6. The molecule has 0 N–H and O–H groups in total. The van der Waals surface area contributed by atoms with E-state index in [1.807, 2.05) is 0 Å². The Kier molecular flexibility index (Phi) is 2.58. The second-order valence-electron chi connectivity index (χ2n) is 10.5. The molecule has 5 fully saturated rings. The Labute approximate surface area is 145 Å². The highest BCUT2D eigenvalue weighted by molar-refractivity contribution is 5.74. The molecule has 130 valence electrons. The van der Waals surface area contributed by atoms with Crippen LogP contribution in [0.2, 0.25) is 0 Å². The van der Waals surface area contributed by atoms with E-state index in [1.165, 1.54) is 25.7 Å². The van der Waals surface area contributed by atoms with Gasteiger partial charge in [0.1, 0.15) is 5.60 Å². The van der Waals surface area contributed by atoms with Gasteiger partial charge in [-0.15, -0.1) is 0 Å². The summed E-state index contributed by atoms with van der Waals surface area (Å²) in [6.07, 6.45) is 13.5. The molecule has 6 aliphatic carbocycles. The maximum absolute atomic E-state index is 13.2. The number of carbonyl (C=O) groups is 1. The second kappa shape index (κ2) is 4.30. The highest BCUT2D eigenvalue weighted by Gasteiger charge is 2.65. The number of allylic oxidation sites excluding steroid dienone is 2. The molecule has 0 saturated heterocycles. The fourth-order valence-electron chi connectivity index (χ4n) is 8.61. The van der Waals surface area contributed by atoms with Crippen molar-refractivity contribution in [2.75, 3.05) is 0 Å². The smallest absolute Gasteiger partial charge is 0.309 e. The van der Waals surface area contributed by atoms with Crippen LogP contribution in [0.15, 0.2) is 12.2 Å². The molecule has 0 aromatic carbocycles. The summed E-state index contributed by atoms with van der Waals surface area (Å²) in [4.78, 5) is 13.2. The van der Waals surface area contributed by atoms with Gasteiger partial charge in [0.25, 0.3) is 0 Å². The first-order valence-corrected chi connectivity index (χ1v) is 10.4. The van der Waals surface area contributed by atoms with Crippen molar-refractivity contribution in [1.82, 2.24) is 0 Å². The zero-order valence-electron chi connectivity index (χ0n) is 15.0. The van der Waals surface area contributed by atoms with E-state index in [1.54, 1.807) is 0 Å². The first-order valence-electron chi connectivity index (χ1n) is 10.4. The first kappa shape index (κ1) is 14.4. The van der Waals surface area contributed by atoms with E-state index in [2.05, 4.69) is 26.0 Å². The molecule has 24 heavy (non-hydrogen) atoms. The van der Waals surface area contributed by atoms with Crippen molar-refractivity contribution in [2.45, 2.75) is 64.4 Å². The number of hydrogen-bond acceptors (Lipinski definition) is 2. The van der Waals surface area contributed by atoms with Gasteiger partial charge in [-0.2, -0.15) is 0 Å². The van der Waals surface area contributed by atoms with E-state index in [0.29, 0.717) is 5.92 Å². The van der Waals surface area contributed by atoms with Gasteiger partial charge in [0.05, 0.1) is 5.92 Å². The normalized spacial score (nSPS) is 57.8. The van der Waals surface area contributed by atoms with Crippen LogP contribution < -0.4 is 0 Å². The third kappa shape index (κ3) is 1.49. The number of hydrogen-bond donors (Lipinski definition) is 0. The lowest BCUT2D eigenvalue weighted by Crippen LogP contribution is -2.45. The van der Waals surface area contributed by atoms with Gasteiger partial charge in [-0.1, -0.05) is 26.0 Å². The maximum Gasteiger partial charge on any atom is 0.309 e. The average molecular weight is 326 g/mol. The molecule has 0 amide bonds. The number of rotatable bonds is 2. The fraction of sp³-hybridized carbons (Fsp3) is 0.864. The molecule has 2 heteroatoms. The molecule has 6 aliphatic rings. The minimum absolute atomic E-state index is 0.134. The van der Waals surface area contributed by atoms with Gasteiger partial charge in [-0.05, 0) is 86.4 Å². The van der Waals surface area contributed by atoms with Crippen LogP contribution in [0.3, 0.4) is 0 Å². The third-order valence-electron chi connectivity index (χ3n) is 9.86. The lowest BCUT2D eigenvalue weighted by molar-refractivity contribution is -0.176. The Morgan fingerprint density at radius 2 is 1.71 bits per heavy atom. The lowest BCUT2D eigenvalue weighted by Gasteiger charge is -2.41. The standard InChI is InChI=1S/C22H30O2/c1-21(2)15-5-7-22(21,8-6-15)24-20(23)17-11-14-10-16(17)19-13-4-3-12(9-13)18(14)19/h3-4,12-19H,5-11H2,1-2H3. The SMILES string of the molecule is CC1(C)C2CCC1(OC(=O)C1CC3CC1C1C4C=CC(C4)C31)CC2. The minimum atomic E-state index is -0.134. The number of esters is 1. The van der Waals surface area contributed by atoms with E-state index in [4.69, 9.17) is 4.74 Å². The Balaban J connectivity index is 1.24. The number of carbonyl (C=O) groups excluding carboxylic acids is 1. The van der Waals surface area contributed by atoms with Crippen molar-refractivity contribution >= 4 is 5.97 Å². The zero-order chi connectivity index (χ0) is 16.3. The van der Waals surface area contributed by atoms with E-state index in [9.17, 15) is 4.79 Å². The number of ether oxygens (including phenoxy) is 1. The molecule has 6 bridgehead atoms. The second-order valence-corrected chi connectivity index (χ2v) is 10.5. The molecule has 0 heterocycles. The quantitative estimate of drug-likeness (QED) is 0.421.